The zero-order valence-corrected chi connectivity index (χ0v) is 17.4. The number of para-hydroxylation sites is 3. The molecule has 0 spiro atoms. The second-order valence-corrected chi connectivity index (χ2v) is 7.48. The molecule has 1 atom stereocenters. The maximum absolute atomic E-state index is 12.4. The van der Waals surface area contributed by atoms with Crippen LogP contribution in [0.3, 0.4) is 0 Å². The molecule has 1 heterocycles. The molecule has 7 heteroatoms. The van der Waals surface area contributed by atoms with Gasteiger partial charge >= 0.3 is 5.97 Å². The van der Waals surface area contributed by atoms with E-state index in [0.717, 1.165) is 5.56 Å². The number of esters is 1. The molecule has 2 aromatic carbocycles. The van der Waals surface area contributed by atoms with Crippen molar-refractivity contribution in [3.05, 3.63) is 54.1 Å². The molecule has 30 heavy (non-hydrogen) atoms. The topological polar surface area (TPSA) is 84.9 Å². The van der Waals surface area contributed by atoms with Gasteiger partial charge in [0.2, 0.25) is 5.91 Å². The third-order valence-electron chi connectivity index (χ3n) is 5.04. The summed E-state index contributed by atoms with van der Waals surface area (Å²) in [4.78, 5) is 38.6. The number of nitrogens with zero attached hydrogens (tertiary/aromatic N) is 1. The van der Waals surface area contributed by atoms with Gasteiger partial charge in [-0.05, 0) is 29.7 Å². The summed E-state index contributed by atoms with van der Waals surface area (Å²) in [6, 6.07) is 14.6. The van der Waals surface area contributed by atoms with Gasteiger partial charge in [0, 0.05) is 18.7 Å². The van der Waals surface area contributed by atoms with Gasteiger partial charge in [-0.15, -0.1) is 0 Å². The van der Waals surface area contributed by atoms with Crippen LogP contribution < -0.4 is 15.0 Å². The number of amides is 2. The molecule has 7 nitrogen and oxygen atoms in total. The van der Waals surface area contributed by atoms with Crippen molar-refractivity contribution in [2.24, 2.45) is 5.92 Å². The number of nitrogens with one attached hydrogen (secondary N) is 1. The number of ether oxygens (including phenoxy) is 2. The lowest BCUT2D eigenvalue weighted by atomic mass is 10.0. The van der Waals surface area contributed by atoms with Crippen molar-refractivity contribution in [3.8, 4) is 5.75 Å². The van der Waals surface area contributed by atoms with Crippen LogP contribution in [0, 0.1) is 5.92 Å². The molecule has 1 aliphatic heterocycles. The van der Waals surface area contributed by atoms with Crippen LogP contribution >= 0.6 is 0 Å². The number of hydrogen-bond donors (Lipinski definition) is 1. The molecule has 0 bridgehead atoms. The van der Waals surface area contributed by atoms with Crippen LogP contribution in [0.5, 0.6) is 5.75 Å². The van der Waals surface area contributed by atoms with Crippen LogP contribution in [0.2, 0.25) is 0 Å². The van der Waals surface area contributed by atoms with Crippen molar-refractivity contribution in [3.63, 3.8) is 0 Å². The van der Waals surface area contributed by atoms with E-state index in [1.54, 1.807) is 18.2 Å². The fourth-order valence-electron chi connectivity index (χ4n) is 3.51. The van der Waals surface area contributed by atoms with Crippen LogP contribution in [0.4, 0.5) is 11.4 Å². The van der Waals surface area contributed by atoms with Gasteiger partial charge in [0.15, 0.2) is 6.61 Å². The molecular formula is C23H26N2O5. The highest BCUT2D eigenvalue weighted by Gasteiger charge is 2.37. The van der Waals surface area contributed by atoms with Gasteiger partial charge in [0.1, 0.15) is 5.75 Å². The Hall–Kier alpha value is -3.35. The summed E-state index contributed by atoms with van der Waals surface area (Å²) in [5, 5.41) is 2.79. The first kappa shape index (κ1) is 21.4. The normalized spacial score (nSPS) is 15.9. The van der Waals surface area contributed by atoms with Gasteiger partial charge in [-0.3, -0.25) is 14.4 Å². The van der Waals surface area contributed by atoms with E-state index in [2.05, 4.69) is 5.32 Å². The lowest BCUT2D eigenvalue weighted by Gasteiger charge is -2.19. The molecule has 0 unspecified atom stereocenters. The Kier molecular flexibility index (Phi) is 6.72. The van der Waals surface area contributed by atoms with Gasteiger partial charge in [0.25, 0.3) is 5.91 Å². The van der Waals surface area contributed by atoms with E-state index in [1.165, 1.54) is 12.0 Å². The van der Waals surface area contributed by atoms with E-state index in [-0.39, 0.29) is 24.8 Å². The van der Waals surface area contributed by atoms with Crippen LogP contribution in [0.25, 0.3) is 0 Å². The molecule has 1 N–H and O–H groups in total. The molecule has 1 aliphatic rings. The summed E-state index contributed by atoms with van der Waals surface area (Å²) in [5.41, 5.74) is 2.32. The Labute approximate surface area is 176 Å². The minimum atomic E-state index is -0.627. The average Bonchev–Trinajstić information content (AvgIpc) is 3.13. The molecule has 158 valence electrons. The summed E-state index contributed by atoms with van der Waals surface area (Å²) >= 11 is 0. The van der Waals surface area contributed by atoms with E-state index < -0.39 is 24.4 Å². The van der Waals surface area contributed by atoms with E-state index in [1.807, 2.05) is 44.2 Å². The first-order valence-electron chi connectivity index (χ1n) is 9.89. The molecule has 2 amide bonds. The Bertz CT molecular complexity index is 941. The Morgan fingerprint density at radius 1 is 1.13 bits per heavy atom. The number of methoxy groups -OCH3 is 1. The van der Waals surface area contributed by atoms with Crippen molar-refractivity contribution in [1.29, 1.82) is 0 Å². The smallest absolute Gasteiger partial charge is 0.311 e. The highest BCUT2D eigenvalue weighted by molar-refractivity contribution is 6.01. The SMILES string of the molecule is COc1ccccc1N1C[C@H](C(=O)OCC(=O)Nc2ccccc2C(C)C)CC1=O. The van der Waals surface area contributed by atoms with Crippen molar-refractivity contribution in [1.82, 2.24) is 0 Å². The predicted octanol–water partition coefficient (Wildman–Crippen LogP) is 3.35. The highest BCUT2D eigenvalue weighted by atomic mass is 16.5. The first-order chi connectivity index (χ1) is 14.4. The molecule has 2 aromatic rings. The number of rotatable bonds is 7. The molecular weight excluding hydrogens is 384 g/mol. The minimum Gasteiger partial charge on any atom is -0.495 e. The second kappa shape index (κ2) is 9.43. The molecule has 0 aromatic heterocycles. The molecule has 3 rings (SSSR count). The maximum atomic E-state index is 12.4. The number of anilines is 2. The fourth-order valence-corrected chi connectivity index (χ4v) is 3.51. The summed E-state index contributed by atoms with van der Waals surface area (Å²) in [6.45, 7) is 3.87. The van der Waals surface area contributed by atoms with E-state index in [4.69, 9.17) is 9.47 Å². The molecule has 0 radical (unpaired) electrons. The monoisotopic (exact) mass is 410 g/mol. The van der Waals surface area contributed by atoms with Crippen LogP contribution in [-0.4, -0.2) is 38.0 Å². The van der Waals surface area contributed by atoms with Crippen LogP contribution in [0.15, 0.2) is 48.5 Å². The molecule has 0 saturated carbocycles. The van der Waals surface area contributed by atoms with Gasteiger partial charge < -0.3 is 19.7 Å². The average molecular weight is 410 g/mol. The highest BCUT2D eigenvalue weighted by Crippen LogP contribution is 2.33. The van der Waals surface area contributed by atoms with Crippen molar-refractivity contribution >= 4 is 29.2 Å². The van der Waals surface area contributed by atoms with Crippen LogP contribution in [0.1, 0.15) is 31.7 Å². The third kappa shape index (κ3) is 4.79. The van der Waals surface area contributed by atoms with Gasteiger partial charge in [-0.25, -0.2) is 0 Å². The Balaban J connectivity index is 1.57. The maximum Gasteiger partial charge on any atom is 0.311 e. The number of benzene rings is 2. The Morgan fingerprint density at radius 3 is 2.57 bits per heavy atom. The van der Waals surface area contributed by atoms with E-state index in [0.29, 0.717) is 17.1 Å². The number of carbonyl (C=O) groups is 3. The van der Waals surface area contributed by atoms with Crippen molar-refractivity contribution in [2.75, 3.05) is 30.5 Å². The van der Waals surface area contributed by atoms with Crippen molar-refractivity contribution < 1.29 is 23.9 Å². The van der Waals surface area contributed by atoms with Gasteiger partial charge in [-0.1, -0.05) is 44.2 Å². The van der Waals surface area contributed by atoms with E-state index in [9.17, 15) is 14.4 Å². The summed E-state index contributed by atoms with van der Waals surface area (Å²) in [7, 11) is 1.53. The zero-order chi connectivity index (χ0) is 21.7. The molecule has 1 fully saturated rings. The standard InChI is InChI=1S/C23H26N2O5/c1-15(2)17-8-4-5-9-18(17)24-21(26)14-30-23(28)16-12-22(27)25(13-16)19-10-6-7-11-20(19)29-3/h4-11,15-16H,12-14H2,1-3H3,(H,24,26)/t16-/m1/s1. The number of hydrogen-bond acceptors (Lipinski definition) is 5. The number of carbonyl (C=O) groups excluding carboxylic acids is 3. The summed E-state index contributed by atoms with van der Waals surface area (Å²) < 4.78 is 10.5. The van der Waals surface area contributed by atoms with Gasteiger partial charge in [0.05, 0.1) is 18.7 Å². The third-order valence-corrected chi connectivity index (χ3v) is 5.04. The van der Waals surface area contributed by atoms with Crippen LogP contribution in [-0.2, 0) is 19.1 Å². The Morgan fingerprint density at radius 2 is 1.83 bits per heavy atom. The second-order valence-electron chi connectivity index (χ2n) is 7.48. The fraction of sp³-hybridized carbons (Fsp3) is 0.348. The zero-order valence-electron chi connectivity index (χ0n) is 17.4. The lowest BCUT2D eigenvalue weighted by molar-refractivity contribution is -0.151. The summed E-state index contributed by atoms with van der Waals surface area (Å²) in [6.07, 6.45) is 0.0364. The predicted molar refractivity (Wildman–Crippen MR) is 114 cm³/mol. The quantitative estimate of drug-likeness (QED) is 0.708. The van der Waals surface area contributed by atoms with Crippen molar-refractivity contribution in [2.45, 2.75) is 26.2 Å². The minimum absolute atomic E-state index is 0.0364. The van der Waals surface area contributed by atoms with Gasteiger partial charge in [-0.2, -0.15) is 0 Å². The summed E-state index contributed by atoms with van der Waals surface area (Å²) in [5.74, 6) is -0.983. The lowest BCUT2D eigenvalue weighted by Crippen LogP contribution is -2.28. The van der Waals surface area contributed by atoms with E-state index >= 15 is 0 Å². The molecule has 1 saturated heterocycles. The first-order valence-corrected chi connectivity index (χ1v) is 9.89. The molecule has 0 aliphatic carbocycles. The largest absolute Gasteiger partial charge is 0.495 e.